The average Bonchev–Trinajstić information content (AvgIpc) is 2.34. The third kappa shape index (κ3) is 5.15. The molecule has 1 amide bonds. The van der Waals surface area contributed by atoms with Gasteiger partial charge in [-0.3, -0.25) is 9.59 Å². The van der Waals surface area contributed by atoms with Crippen LogP contribution in [0.4, 0.5) is 0 Å². The molecule has 0 aromatic heterocycles. The zero-order valence-corrected chi connectivity index (χ0v) is 10.2. The summed E-state index contributed by atoms with van der Waals surface area (Å²) >= 11 is 0. The fourth-order valence-corrected chi connectivity index (χ4v) is 1.36. The number of rotatable bonds is 6. The number of ether oxygens (including phenoxy) is 1. The summed E-state index contributed by atoms with van der Waals surface area (Å²) in [7, 11) is 1.62. The Balaban J connectivity index is 2.34. The highest BCUT2D eigenvalue weighted by atomic mass is 16.5. The van der Waals surface area contributed by atoms with Crippen molar-refractivity contribution in [3.8, 4) is 5.75 Å². The first-order valence-electron chi connectivity index (χ1n) is 5.51. The Hall–Kier alpha value is -1.84. The summed E-state index contributed by atoms with van der Waals surface area (Å²) in [6, 6.07) is 7.58. The largest absolute Gasteiger partial charge is 0.497 e. The molecular formula is C13H17NO3. The maximum Gasteiger partial charge on any atom is 0.220 e. The lowest BCUT2D eigenvalue weighted by atomic mass is 10.1. The van der Waals surface area contributed by atoms with Gasteiger partial charge in [0.1, 0.15) is 11.5 Å². The van der Waals surface area contributed by atoms with Crippen molar-refractivity contribution in [1.29, 1.82) is 0 Å². The number of Topliss-reactive ketones (excluding diaryl/α,β-unsaturated/α-hetero) is 1. The van der Waals surface area contributed by atoms with E-state index in [1.54, 1.807) is 7.11 Å². The summed E-state index contributed by atoms with van der Waals surface area (Å²) < 4.78 is 5.04. The molecule has 0 bridgehead atoms. The van der Waals surface area contributed by atoms with Gasteiger partial charge in [-0.25, -0.2) is 0 Å². The van der Waals surface area contributed by atoms with Gasteiger partial charge in [-0.15, -0.1) is 0 Å². The number of aryl methyl sites for hydroxylation is 1. The molecule has 92 valence electrons. The van der Waals surface area contributed by atoms with Crippen LogP contribution in [0.5, 0.6) is 5.75 Å². The van der Waals surface area contributed by atoms with E-state index in [1.165, 1.54) is 6.92 Å². The first-order chi connectivity index (χ1) is 8.11. The summed E-state index contributed by atoms with van der Waals surface area (Å²) in [5, 5.41) is 2.56. The van der Waals surface area contributed by atoms with E-state index in [9.17, 15) is 9.59 Å². The molecular weight excluding hydrogens is 218 g/mol. The SMILES string of the molecule is COc1ccc(CCC(=O)NCC(C)=O)cc1. The molecule has 0 radical (unpaired) electrons. The number of methoxy groups -OCH3 is 1. The lowest BCUT2D eigenvalue weighted by Gasteiger charge is -2.04. The summed E-state index contributed by atoms with van der Waals surface area (Å²) in [4.78, 5) is 22.0. The molecule has 17 heavy (non-hydrogen) atoms. The Morgan fingerprint density at radius 3 is 2.41 bits per heavy atom. The molecule has 0 aliphatic rings. The van der Waals surface area contributed by atoms with Crippen LogP contribution in [0.25, 0.3) is 0 Å². The van der Waals surface area contributed by atoms with Crippen molar-refractivity contribution < 1.29 is 14.3 Å². The Bertz CT molecular complexity index is 384. The second-order valence-electron chi connectivity index (χ2n) is 3.83. The molecule has 4 nitrogen and oxygen atoms in total. The molecule has 0 heterocycles. The monoisotopic (exact) mass is 235 g/mol. The molecule has 0 fully saturated rings. The second-order valence-corrected chi connectivity index (χ2v) is 3.83. The highest BCUT2D eigenvalue weighted by Gasteiger charge is 2.03. The highest BCUT2D eigenvalue weighted by molar-refractivity contribution is 5.84. The number of carbonyl (C=O) groups excluding carboxylic acids is 2. The van der Waals surface area contributed by atoms with E-state index in [0.29, 0.717) is 12.8 Å². The van der Waals surface area contributed by atoms with Crippen LogP contribution in [0.1, 0.15) is 18.9 Å². The van der Waals surface area contributed by atoms with Gasteiger partial charge in [0, 0.05) is 6.42 Å². The Kier molecular flexibility index (Phi) is 5.20. The Morgan fingerprint density at radius 2 is 1.88 bits per heavy atom. The standard InChI is InChI=1S/C13H17NO3/c1-10(15)9-14-13(16)8-5-11-3-6-12(17-2)7-4-11/h3-4,6-7H,5,8-9H2,1-2H3,(H,14,16). The van der Waals surface area contributed by atoms with Gasteiger partial charge in [0.15, 0.2) is 0 Å². The second kappa shape index (κ2) is 6.68. The van der Waals surface area contributed by atoms with E-state index in [1.807, 2.05) is 24.3 Å². The zero-order chi connectivity index (χ0) is 12.7. The van der Waals surface area contributed by atoms with Crippen molar-refractivity contribution in [2.24, 2.45) is 0 Å². The molecule has 0 saturated heterocycles. The third-order valence-corrected chi connectivity index (χ3v) is 2.33. The van der Waals surface area contributed by atoms with E-state index in [-0.39, 0.29) is 18.2 Å². The summed E-state index contributed by atoms with van der Waals surface area (Å²) in [5.41, 5.74) is 1.07. The van der Waals surface area contributed by atoms with Crippen LogP contribution in [0.15, 0.2) is 24.3 Å². The molecule has 1 rings (SSSR count). The number of carbonyl (C=O) groups is 2. The molecule has 1 aromatic rings. The van der Waals surface area contributed by atoms with E-state index >= 15 is 0 Å². The van der Waals surface area contributed by atoms with Crippen molar-refractivity contribution in [1.82, 2.24) is 5.32 Å². The molecule has 4 heteroatoms. The van der Waals surface area contributed by atoms with Crippen molar-refractivity contribution in [3.05, 3.63) is 29.8 Å². The van der Waals surface area contributed by atoms with Gasteiger partial charge in [0.25, 0.3) is 0 Å². The highest BCUT2D eigenvalue weighted by Crippen LogP contribution is 2.12. The summed E-state index contributed by atoms with van der Waals surface area (Å²) in [6.45, 7) is 1.56. The van der Waals surface area contributed by atoms with E-state index in [4.69, 9.17) is 4.74 Å². The quantitative estimate of drug-likeness (QED) is 0.809. The summed E-state index contributed by atoms with van der Waals surface area (Å²) in [6.07, 6.45) is 1.05. The van der Waals surface area contributed by atoms with Gasteiger partial charge in [-0.1, -0.05) is 12.1 Å². The predicted molar refractivity (Wildman–Crippen MR) is 65.0 cm³/mol. The summed E-state index contributed by atoms with van der Waals surface area (Å²) in [5.74, 6) is 0.661. The first kappa shape index (κ1) is 13.2. The Labute approximate surface area is 101 Å². The van der Waals surface area contributed by atoms with Crippen LogP contribution in [-0.4, -0.2) is 25.3 Å². The Morgan fingerprint density at radius 1 is 1.24 bits per heavy atom. The molecule has 1 N–H and O–H groups in total. The van der Waals surface area contributed by atoms with Crippen LogP contribution < -0.4 is 10.1 Å². The van der Waals surface area contributed by atoms with Gasteiger partial charge in [-0.2, -0.15) is 0 Å². The third-order valence-electron chi connectivity index (χ3n) is 2.33. The van der Waals surface area contributed by atoms with Crippen molar-refractivity contribution in [3.63, 3.8) is 0 Å². The van der Waals surface area contributed by atoms with Crippen LogP contribution in [0.3, 0.4) is 0 Å². The molecule has 0 aliphatic heterocycles. The molecule has 1 aromatic carbocycles. The van der Waals surface area contributed by atoms with Crippen LogP contribution in [-0.2, 0) is 16.0 Å². The van der Waals surface area contributed by atoms with Crippen LogP contribution in [0, 0.1) is 0 Å². The molecule has 0 saturated carbocycles. The van der Waals surface area contributed by atoms with Gasteiger partial charge in [0.2, 0.25) is 5.91 Å². The number of nitrogens with one attached hydrogen (secondary N) is 1. The molecule has 0 atom stereocenters. The minimum Gasteiger partial charge on any atom is -0.497 e. The van der Waals surface area contributed by atoms with E-state index < -0.39 is 0 Å². The number of hydrogen-bond acceptors (Lipinski definition) is 3. The van der Waals surface area contributed by atoms with Gasteiger partial charge in [-0.05, 0) is 31.0 Å². The van der Waals surface area contributed by atoms with Crippen molar-refractivity contribution in [2.75, 3.05) is 13.7 Å². The molecule has 0 spiro atoms. The van der Waals surface area contributed by atoms with Gasteiger partial charge < -0.3 is 10.1 Å². The molecule has 0 aliphatic carbocycles. The van der Waals surface area contributed by atoms with Gasteiger partial charge in [0.05, 0.1) is 13.7 Å². The lowest BCUT2D eigenvalue weighted by molar-refractivity contribution is -0.124. The number of benzene rings is 1. The lowest BCUT2D eigenvalue weighted by Crippen LogP contribution is -2.28. The van der Waals surface area contributed by atoms with E-state index in [2.05, 4.69) is 5.32 Å². The topological polar surface area (TPSA) is 55.4 Å². The molecule has 0 unspecified atom stereocenters. The fraction of sp³-hybridized carbons (Fsp3) is 0.385. The maximum atomic E-state index is 11.4. The predicted octanol–water partition coefficient (Wildman–Crippen LogP) is 1.33. The number of amides is 1. The fourth-order valence-electron chi connectivity index (χ4n) is 1.36. The maximum absolute atomic E-state index is 11.4. The van der Waals surface area contributed by atoms with E-state index in [0.717, 1.165) is 11.3 Å². The number of ketones is 1. The van der Waals surface area contributed by atoms with Crippen LogP contribution in [0.2, 0.25) is 0 Å². The van der Waals surface area contributed by atoms with Crippen LogP contribution >= 0.6 is 0 Å². The minimum absolute atomic E-state index is 0.0391. The first-order valence-corrected chi connectivity index (χ1v) is 5.51. The zero-order valence-electron chi connectivity index (χ0n) is 10.2. The number of hydrogen-bond donors (Lipinski definition) is 1. The van der Waals surface area contributed by atoms with Crippen molar-refractivity contribution in [2.45, 2.75) is 19.8 Å². The van der Waals surface area contributed by atoms with Gasteiger partial charge >= 0.3 is 0 Å². The smallest absolute Gasteiger partial charge is 0.220 e. The average molecular weight is 235 g/mol. The minimum atomic E-state index is -0.101. The van der Waals surface area contributed by atoms with Crippen molar-refractivity contribution >= 4 is 11.7 Å². The normalized spacial score (nSPS) is 9.76.